The maximum absolute atomic E-state index is 11.2. The van der Waals surface area contributed by atoms with E-state index >= 15 is 0 Å². The fourth-order valence-electron chi connectivity index (χ4n) is 1.72. The summed E-state index contributed by atoms with van der Waals surface area (Å²) in [6, 6.07) is 1.91. The van der Waals surface area contributed by atoms with Gasteiger partial charge in [-0.1, -0.05) is 11.8 Å². The number of hydrogen-bond donors (Lipinski definition) is 1. The van der Waals surface area contributed by atoms with Crippen LogP contribution in [-0.4, -0.2) is 48.2 Å². The zero-order valence-corrected chi connectivity index (χ0v) is 11.0. The Kier molecular flexibility index (Phi) is 4.36. The highest BCUT2D eigenvalue weighted by molar-refractivity contribution is 7.99. The Morgan fingerprint density at radius 3 is 2.82 bits per heavy atom. The van der Waals surface area contributed by atoms with Crippen molar-refractivity contribution < 1.29 is 8.42 Å². The summed E-state index contributed by atoms with van der Waals surface area (Å²) in [5.74, 6) is 1.44. The minimum absolute atomic E-state index is 0.122. The summed E-state index contributed by atoms with van der Waals surface area (Å²) >= 11 is 1.57. The van der Waals surface area contributed by atoms with E-state index in [9.17, 15) is 8.42 Å². The molecule has 2 rings (SSSR count). The van der Waals surface area contributed by atoms with Crippen molar-refractivity contribution in [3.8, 4) is 0 Å². The Labute approximate surface area is 105 Å². The predicted octanol–water partition coefficient (Wildman–Crippen LogP) is 0.345. The fraction of sp³-hybridized carbons (Fsp3) is 0.600. The van der Waals surface area contributed by atoms with Gasteiger partial charge in [0.05, 0.1) is 11.5 Å². The molecule has 1 fully saturated rings. The summed E-state index contributed by atoms with van der Waals surface area (Å²) in [7, 11) is -2.78. The van der Waals surface area contributed by atoms with Gasteiger partial charge < -0.3 is 5.32 Å². The van der Waals surface area contributed by atoms with Gasteiger partial charge in [-0.3, -0.25) is 0 Å². The highest BCUT2D eigenvalue weighted by atomic mass is 32.2. The molecule has 1 aliphatic heterocycles. The second kappa shape index (κ2) is 5.79. The number of thioether (sulfide) groups is 1. The summed E-state index contributed by atoms with van der Waals surface area (Å²) in [6.07, 6.45) is 4.16. The first-order chi connectivity index (χ1) is 8.16. The molecular weight excluding hydrogens is 258 g/mol. The zero-order valence-electron chi connectivity index (χ0n) is 9.37. The topological polar surface area (TPSA) is 72.0 Å². The van der Waals surface area contributed by atoms with Crippen molar-refractivity contribution in [2.24, 2.45) is 0 Å². The van der Waals surface area contributed by atoms with E-state index in [4.69, 9.17) is 0 Å². The van der Waals surface area contributed by atoms with Crippen LogP contribution < -0.4 is 5.32 Å². The van der Waals surface area contributed by atoms with Crippen LogP contribution >= 0.6 is 11.8 Å². The molecule has 7 heteroatoms. The fourth-order valence-corrected chi connectivity index (χ4v) is 4.10. The molecule has 0 amide bonds. The molecule has 0 aliphatic carbocycles. The van der Waals surface area contributed by atoms with Crippen LogP contribution in [0.2, 0.25) is 0 Å². The molecule has 0 bridgehead atoms. The van der Waals surface area contributed by atoms with E-state index in [1.54, 1.807) is 30.2 Å². The number of rotatable bonds is 5. The molecule has 1 unspecified atom stereocenters. The van der Waals surface area contributed by atoms with Crippen LogP contribution in [-0.2, 0) is 9.84 Å². The van der Waals surface area contributed by atoms with Gasteiger partial charge in [0.15, 0.2) is 15.0 Å². The van der Waals surface area contributed by atoms with Crippen molar-refractivity contribution in [2.75, 3.05) is 23.8 Å². The van der Waals surface area contributed by atoms with Crippen LogP contribution in [0.3, 0.4) is 0 Å². The number of hydrogen-bond acceptors (Lipinski definition) is 6. The SMILES string of the molecule is O=S1(=O)CCC(NCCSc2ncccn2)C1. The highest BCUT2D eigenvalue weighted by Crippen LogP contribution is 2.12. The second-order valence-corrected chi connectivity index (χ2v) is 7.22. The van der Waals surface area contributed by atoms with E-state index in [-0.39, 0.29) is 11.8 Å². The minimum atomic E-state index is -2.78. The quantitative estimate of drug-likeness (QED) is 0.474. The Morgan fingerprint density at radius 2 is 2.18 bits per heavy atom. The number of nitrogens with zero attached hydrogens (tertiary/aromatic N) is 2. The smallest absolute Gasteiger partial charge is 0.187 e. The second-order valence-electron chi connectivity index (χ2n) is 3.93. The molecule has 2 heterocycles. The van der Waals surface area contributed by atoms with Gasteiger partial charge in [0.1, 0.15) is 0 Å². The lowest BCUT2D eigenvalue weighted by Crippen LogP contribution is -2.31. The Hall–Kier alpha value is -0.660. The lowest BCUT2D eigenvalue weighted by atomic mass is 10.3. The van der Waals surface area contributed by atoms with E-state index in [0.29, 0.717) is 5.75 Å². The van der Waals surface area contributed by atoms with E-state index in [1.165, 1.54) is 0 Å². The van der Waals surface area contributed by atoms with Gasteiger partial charge >= 0.3 is 0 Å². The minimum Gasteiger partial charge on any atom is -0.312 e. The summed E-state index contributed by atoms with van der Waals surface area (Å²) in [5.41, 5.74) is 0. The van der Waals surface area contributed by atoms with Crippen LogP contribution in [0.4, 0.5) is 0 Å². The molecule has 94 valence electrons. The average molecular weight is 273 g/mol. The molecule has 0 saturated carbocycles. The van der Waals surface area contributed by atoms with Crippen LogP contribution in [0.25, 0.3) is 0 Å². The maximum Gasteiger partial charge on any atom is 0.187 e. The molecule has 0 radical (unpaired) electrons. The van der Waals surface area contributed by atoms with Gasteiger partial charge in [-0.2, -0.15) is 0 Å². The first-order valence-electron chi connectivity index (χ1n) is 5.49. The molecule has 1 aliphatic rings. The largest absolute Gasteiger partial charge is 0.312 e. The van der Waals surface area contributed by atoms with Crippen LogP contribution in [0.5, 0.6) is 0 Å². The number of aromatic nitrogens is 2. The molecular formula is C10H15N3O2S2. The van der Waals surface area contributed by atoms with Gasteiger partial charge in [-0.15, -0.1) is 0 Å². The molecule has 1 aromatic heterocycles. The number of sulfone groups is 1. The molecule has 1 atom stereocenters. The standard InChI is InChI=1S/C10H15N3O2S2/c14-17(15)7-2-9(8-17)11-5-6-16-10-12-3-1-4-13-10/h1,3-4,9,11H,2,5-8H2. The first-order valence-corrected chi connectivity index (χ1v) is 8.30. The zero-order chi connectivity index (χ0) is 12.1. The summed E-state index contributed by atoms with van der Waals surface area (Å²) in [5, 5.41) is 4.01. The number of nitrogens with one attached hydrogen (secondary N) is 1. The molecule has 5 nitrogen and oxygen atoms in total. The van der Waals surface area contributed by atoms with Crippen molar-refractivity contribution in [1.82, 2.24) is 15.3 Å². The Bertz CT molecular complexity index is 450. The molecule has 0 aromatic carbocycles. The lowest BCUT2D eigenvalue weighted by Gasteiger charge is -2.09. The highest BCUT2D eigenvalue weighted by Gasteiger charge is 2.26. The first kappa shape index (κ1) is 12.8. The Morgan fingerprint density at radius 1 is 1.41 bits per heavy atom. The van der Waals surface area contributed by atoms with Crippen molar-refractivity contribution in [2.45, 2.75) is 17.6 Å². The third-order valence-corrected chi connectivity index (χ3v) is 5.19. The Balaban J connectivity index is 1.64. The van der Waals surface area contributed by atoms with E-state index in [1.807, 2.05) is 0 Å². The van der Waals surface area contributed by atoms with Crippen molar-refractivity contribution >= 4 is 21.6 Å². The van der Waals surface area contributed by atoms with Crippen LogP contribution in [0.15, 0.2) is 23.6 Å². The third-order valence-electron chi connectivity index (χ3n) is 2.54. The monoisotopic (exact) mass is 273 g/mol. The van der Waals surface area contributed by atoms with E-state index < -0.39 is 9.84 Å². The lowest BCUT2D eigenvalue weighted by molar-refractivity contribution is 0.574. The molecule has 1 aromatic rings. The van der Waals surface area contributed by atoms with Gasteiger partial charge in [0.2, 0.25) is 0 Å². The predicted molar refractivity (Wildman–Crippen MR) is 67.8 cm³/mol. The van der Waals surface area contributed by atoms with Gasteiger partial charge in [-0.05, 0) is 12.5 Å². The van der Waals surface area contributed by atoms with Gasteiger partial charge in [0.25, 0.3) is 0 Å². The summed E-state index contributed by atoms with van der Waals surface area (Å²) in [6.45, 7) is 0.781. The van der Waals surface area contributed by atoms with E-state index in [2.05, 4.69) is 15.3 Å². The van der Waals surface area contributed by atoms with Crippen molar-refractivity contribution in [3.63, 3.8) is 0 Å². The molecule has 1 saturated heterocycles. The van der Waals surface area contributed by atoms with Crippen molar-refractivity contribution in [3.05, 3.63) is 18.5 Å². The van der Waals surface area contributed by atoms with E-state index in [0.717, 1.165) is 23.9 Å². The molecule has 0 spiro atoms. The molecule has 17 heavy (non-hydrogen) atoms. The van der Waals surface area contributed by atoms with Gasteiger partial charge in [-0.25, -0.2) is 18.4 Å². The van der Waals surface area contributed by atoms with Crippen molar-refractivity contribution in [1.29, 1.82) is 0 Å². The maximum atomic E-state index is 11.2. The van der Waals surface area contributed by atoms with Crippen LogP contribution in [0, 0.1) is 0 Å². The summed E-state index contributed by atoms with van der Waals surface area (Å²) < 4.78 is 22.5. The third kappa shape index (κ3) is 4.25. The summed E-state index contributed by atoms with van der Waals surface area (Å²) in [4.78, 5) is 8.20. The van der Waals surface area contributed by atoms with Crippen LogP contribution in [0.1, 0.15) is 6.42 Å². The van der Waals surface area contributed by atoms with Gasteiger partial charge in [0, 0.05) is 30.7 Å². The average Bonchev–Trinajstić information content (AvgIpc) is 2.66. The normalized spacial score (nSPS) is 22.7. The molecule has 1 N–H and O–H groups in total.